The van der Waals surface area contributed by atoms with E-state index in [9.17, 15) is 5.26 Å². The molecule has 1 aliphatic heterocycles. The summed E-state index contributed by atoms with van der Waals surface area (Å²) in [6.07, 6.45) is 0.688. The number of nitrogens with one attached hydrogen (secondary N) is 1. The van der Waals surface area contributed by atoms with Crippen molar-refractivity contribution in [3.63, 3.8) is 0 Å². The quantitative estimate of drug-likeness (QED) is 0.737. The fraction of sp³-hybridized carbons (Fsp3) is 0.917. The first-order valence-corrected chi connectivity index (χ1v) is 5.64. The van der Waals surface area contributed by atoms with E-state index in [2.05, 4.69) is 11.4 Å². The molecule has 1 unspecified atom stereocenters. The molecular weight excluding hydrogens is 204 g/mol. The van der Waals surface area contributed by atoms with Crippen LogP contribution in [0.4, 0.5) is 0 Å². The minimum absolute atomic E-state index is 0.265. The van der Waals surface area contributed by atoms with Crippen LogP contribution in [0.15, 0.2) is 0 Å². The van der Waals surface area contributed by atoms with E-state index in [1.165, 1.54) is 0 Å². The minimum atomic E-state index is -0.630. The molecule has 0 amide bonds. The normalized spacial score (nSPS) is 31.2. The van der Waals surface area contributed by atoms with Crippen LogP contribution in [0.1, 0.15) is 34.1 Å². The predicted octanol–water partition coefficient (Wildman–Crippen LogP) is 1.46. The molecule has 0 aromatic carbocycles. The summed E-state index contributed by atoms with van der Waals surface area (Å²) >= 11 is 0. The Morgan fingerprint density at radius 3 is 2.38 bits per heavy atom. The van der Waals surface area contributed by atoms with E-state index in [1.807, 2.05) is 27.7 Å². The standard InChI is InChI=1S/C12H22N2O2/c1-10(2)8-12(9-13,11(3,4)16-10)14-6-7-15-5/h14H,6-8H2,1-5H3. The largest absolute Gasteiger partial charge is 0.383 e. The molecule has 1 fully saturated rings. The summed E-state index contributed by atoms with van der Waals surface area (Å²) in [4.78, 5) is 0. The van der Waals surface area contributed by atoms with Crippen LogP contribution in [-0.4, -0.2) is 37.0 Å². The Kier molecular flexibility index (Phi) is 3.63. The smallest absolute Gasteiger partial charge is 0.138 e. The van der Waals surface area contributed by atoms with Crippen molar-refractivity contribution in [2.24, 2.45) is 0 Å². The van der Waals surface area contributed by atoms with Gasteiger partial charge >= 0.3 is 0 Å². The zero-order chi connectivity index (χ0) is 12.4. The topological polar surface area (TPSA) is 54.3 Å². The van der Waals surface area contributed by atoms with Gasteiger partial charge in [-0.1, -0.05) is 0 Å². The van der Waals surface area contributed by atoms with Crippen molar-refractivity contribution in [1.29, 1.82) is 5.26 Å². The van der Waals surface area contributed by atoms with E-state index in [1.54, 1.807) is 7.11 Å². The number of ether oxygens (including phenoxy) is 2. The third-order valence-corrected chi connectivity index (χ3v) is 3.17. The monoisotopic (exact) mass is 226 g/mol. The molecule has 1 atom stereocenters. The van der Waals surface area contributed by atoms with Gasteiger partial charge in [-0.15, -0.1) is 0 Å². The highest BCUT2D eigenvalue weighted by Crippen LogP contribution is 2.44. The first kappa shape index (κ1) is 13.4. The molecular formula is C12H22N2O2. The van der Waals surface area contributed by atoms with Crippen molar-refractivity contribution in [1.82, 2.24) is 5.32 Å². The number of methoxy groups -OCH3 is 1. The van der Waals surface area contributed by atoms with Crippen molar-refractivity contribution < 1.29 is 9.47 Å². The van der Waals surface area contributed by atoms with E-state index in [-0.39, 0.29) is 5.60 Å². The summed E-state index contributed by atoms with van der Waals surface area (Å²) in [6.45, 7) is 9.22. The van der Waals surface area contributed by atoms with Gasteiger partial charge in [-0.3, -0.25) is 5.32 Å². The second-order valence-corrected chi connectivity index (χ2v) is 5.49. The summed E-state index contributed by atoms with van der Waals surface area (Å²) in [7, 11) is 1.65. The van der Waals surface area contributed by atoms with Gasteiger partial charge in [0, 0.05) is 20.1 Å². The van der Waals surface area contributed by atoms with Crippen LogP contribution in [-0.2, 0) is 9.47 Å². The summed E-state index contributed by atoms with van der Waals surface area (Å²) in [5.41, 5.74) is -1.38. The third-order valence-electron chi connectivity index (χ3n) is 3.17. The lowest BCUT2D eigenvalue weighted by molar-refractivity contribution is -0.0768. The van der Waals surface area contributed by atoms with Gasteiger partial charge in [0.25, 0.3) is 0 Å². The molecule has 4 heteroatoms. The molecule has 1 heterocycles. The lowest BCUT2D eigenvalue weighted by Gasteiger charge is -2.34. The van der Waals surface area contributed by atoms with Crippen LogP contribution in [0.5, 0.6) is 0 Å². The molecule has 0 saturated carbocycles. The molecule has 0 spiro atoms. The van der Waals surface area contributed by atoms with E-state index >= 15 is 0 Å². The van der Waals surface area contributed by atoms with E-state index in [0.29, 0.717) is 19.6 Å². The van der Waals surface area contributed by atoms with Gasteiger partial charge in [-0.25, -0.2) is 0 Å². The van der Waals surface area contributed by atoms with Gasteiger partial charge in [-0.05, 0) is 27.7 Å². The van der Waals surface area contributed by atoms with Crippen molar-refractivity contribution in [3.05, 3.63) is 0 Å². The van der Waals surface area contributed by atoms with Crippen LogP contribution < -0.4 is 5.32 Å². The first-order chi connectivity index (χ1) is 7.29. The maximum atomic E-state index is 9.45. The molecule has 92 valence electrons. The van der Waals surface area contributed by atoms with E-state index in [0.717, 1.165) is 0 Å². The van der Waals surface area contributed by atoms with Gasteiger partial charge in [0.15, 0.2) is 0 Å². The maximum absolute atomic E-state index is 9.45. The number of hydrogen-bond donors (Lipinski definition) is 1. The number of hydrogen-bond acceptors (Lipinski definition) is 4. The van der Waals surface area contributed by atoms with Gasteiger partial charge in [0.05, 0.1) is 23.9 Å². The van der Waals surface area contributed by atoms with Crippen molar-refractivity contribution in [3.8, 4) is 6.07 Å². The molecule has 0 bridgehead atoms. The molecule has 16 heavy (non-hydrogen) atoms. The Bertz CT molecular complexity index is 294. The lowest BCUT2D eigenvalue weighted by Crippen LogP contribution is -2.57. The number of nitrogens with zero attached hydrogens (tertiary/aromatic N) is 1. The second-order valence-electron chi connectivity index (χ2n) is 5.49. The third kappa shape index (κ3) is 2.37. The van der Waals surface area contributed by atoms with E-state index < -0.39 is 11.1 Å². The van der Waals surface area contributed by atoms with Crippen molar-refractivity contribution >= 4 is 0 Å². The lowest BCUT2D eigenvalue weighted by atomic mass is 9.80. The Balaban J connectivity index is 2.83. The summed E-state index contributed by atoms with van der Waals surface area (Å²) in [5, 5.41) is 12.7. The SMILES string of the molecule is COCCNC1(C#N)CC(C)(C)OC1(C)C. The number of nitriles is 1. The van der Waals surface area contributed by atoms with Gasteiger partial charge < -0.3 is 9.47 Å². The molecule has 1 saturated heterocycles. The fourth-order valence-electron chi connectivity index (χ4n) is 2.52. The molecule has 4 nitrogen and oxygen atoms in total. The van der Waals surface area contributed by atoms with Crippen molar-refractivity contribution in [2.45, 2.75) is 50.9 Å². The van der Waals surface area contributed by atoms with Gasteiger partial charge in [0.1, 0.15) is 5.54 Å². The van der Waals surface area contributed by atoms with Crippen LogP contribution >= 0.6 is 0 Å². The zero-order valence-electron chi connectivity index (χ0n) is 10.9. The Morgan fingerprint density at radius 1 is 1.38 bits per heavy atom. The van der Waals surface area contributed by atoms with Gasteiger partial charge in [0.2, 0.25) is 0 Å². The highest BCUT2D eigenvalue weighted by Gasteiger charge is 2.57. The average Bonchev–Trinajstić information content (AvgIpc) is 2.32. The molecule has 1 rings (SSSR count). The summed E-state index contributed by atoms with van der Waals surface area (Å²) in [5.74, 6) is 0. The molecule has 1 aliphatic rings. The van der Waals surface area contributed by atoms with E-state index in [4.69, 9.17) is 9.47 Å². The zero-order valence-corrected chi connectivity index (χ0v) is 10.9. The van der Waals surface area contributed by atoms with Gasteiger partial charge in [-0.2, -0.15) is 5.26 Å². The summed E-state index contributed by atoms with van der Waals surface area (Å²) < 4.78 is 10.9. The second kappa shape index (κ2) is 4.33. The van der Waals surface area contributed by atoms with Crippen LogP contribution in [0, 0.1) is 11.3 Å². The molecule has 0 aromatic rings. The highest BCUT2D eigenvalue weighted by molar-refractivity contribution is 5.22. The maximum Gasteiger partial charge on any atom is 0.138 e. The first-order valence-electron chi connectivity index (χ1n) is 5.64. The molecule has 0 aliphatic carbocycles. The minimum Gasteiger partial charge on any atom is -0.383 e. The van der Waals surface area contributed by atoms with Crippen LogP contribution in [0.2, 0.25) is 0 Å². The molecule has 0 aromatic heterocycles. The molecule has 0 radical (unpaired) electrons. The highest BCUT2D eigenvalue weighted by atomic mass is 16.5. The fourth-order valence-corrected chi connectivity index (χ4v) is 2.52. The Labute approximate surface area is 97.9 Å². The summed E-state index contributed by atoms with van der Waals surface area (Å²) in [6, 6.07) is 2.39. The van der Waals surface area contributed by atoms with Crippen LogP contribution in [0.3, 0.4) is 0 Å². The molecule has 1 N–H and O–H groups in total. The van der Waals surface area contributed by atoms with Crippen molar-refractivity contribution in [2.75, 3.05) is 20.3 Å². The number of rotatable bonds is 4. The average molecular weight is 226 g/mol. The Morgan fingerprint density at radius 2 is 2.00 bits per heavy atom. The Hall–Kier alpha value is -0.630. The predicted molar refractivity (Wildman–Crippen MR) is 62.1 cm³/mol. The van der Waals surface area contributed by atoms with Crippen LogP contribution in [0.25, 0.3) is 0 Å².